The topological polar surface area (TPSA) is 111 Å². The number of halogens is 3. The van der Waals surface area contributed by atoms with Crippen molar-refractivity contribution in [1.29, 1.82) is 0 Å². The van der Waals surface area contributed by atoms with Crippen LogP contribution in [0.1, 0.15) is 44.2 Å². The van der Waals surface area contributed by atoms with Crippen LogP contribution in [-0.2, 0) is 21.3 Å². The summed E-state index contributed by atoms with van der Waals surface area (Å²) in [5.74, 6) is 6.04. The lowest BCUT2D eigenvalue weighted by atomic mass is 9.88. The number of ether oxygens (including phenoxy) is 2. The smallest absolute Gasteiger partial charge is 0.406 e. The summed E-state index contributed by atoms with van der Waals surface area (Å²) in [5.41, 5.74) is 1.98. The van der Waals surface area contributed by atoms with Crippen molar-refractivity contribution in [2.45, 2.75) is 74.3 Å². The SMILES string of the molecule is COc1cc(S(N)(=O)=O)ccc1NCC#Cc1cc2c(N[C@H]3CC[C@H](N4CCC(OC)CC4)CC3)cccc2n1CC(F)(F)F. The molecule has 2 heterocycles. The Labute approximate surface area is 262 Å². The average Bonchev–Trinajstić information content (AvgIpc) is 3.35. The molecule has 3 aromatic rings. The summed E-state index contributed by atoms with van der Waals surface area (Å²) < 4.78 is 76.3. The van der Waals surface area contributed by atoms with Gasteiger partial charge in [-0.25, -0.2) is 13.6 Å². The Morgan fingerprint density at radius 1 is 1.00 bits per heavy atom. The van der Waals surface area contributed by atoms with E-state index in [4.69, 9.17) is 14.6 Å². The predicted molar refractivity (Wildman–Crippen MR) is 169 cm³/mol. The number of piperidine rings is 1. The summed E-state index contributed by atoms with van der Waals surface area (Å²) in [4.78, 5) is 2.48. The van der Waals surface area contributed by atoms with Crippen molar-refractivity contribution in [2.75, 3.05) is 44.5 Å². The van der Waals surface area contributed by atoms with Crippen molar-refractivity contribution < 1.29 is 31.1 Å². The van der Waals surface area contributed by atoms with E-state index in [0.29, 0.717) is 28.7 Å². The standard InChI is InChI=1S/C32H40F3N5O4S/c1-43-25-14-17-39(18-15-25)23-10-8-22(9-11-23)38-28-6-3-7-30-27(28)19-24(40(30)21-32(33,34)35)5-4-16-37-29-13-12-26(45(36,41)42)20-31(29)44-2/h3,6-7,12-13,19-20,22-23,25,37-38H,8-11,14-18,21H2,1-2H3,(H2,36,41,42)/t22-,23-. The number of benzene rings is 2. The second-order valence-electron chi connectivity index (χ2n) is 11.7. The zero-order chi connectivity index (χ0) is 32.2. The van der Waals surface area contributed by atoms with Gasteiger partial charge in [0.2, 0.25) is 10.0 Å². The van der Waals surface area contributed by atoms with E-state index in [1.54, 1.807) is 25.3 Å². The maximum absolute atomic E-state index is 13.7. The lowest BCUT2D eigenvalue weighted by molar-refractivity contribution is -0.140. The average molecular weight is 648 g/mol. The Balaban J connectivity index is 1.30. The maximum Gasteiger partial charge on any atom is 0.406 e. The first kappa shape index (κ1) is 32.9. The van der Waals surface area contributed by atoms with E-state index in [9.17, 15) is 21.6 Å². The van der Waals surface area contributed by atoms with Gasteiger partial charge in [0.15, 0.2) is 0 Å². The highest BCUT2D eigenvalue weighted by atomic mass is 32.2. The van der Waals surface area contributed by atoms with Crippen LogP contribution in [0.4, 0.5) is 24.5 Å². The molecule has 0 bridgehead atoms. The second-order valence-corrected chi connectivity index (χ2v) is 13.2. The van der Waals surface area contributed by atoms with Gasteiger partial charge in [0.1, 0.15) is 12.3 Å². The monoisotopic (exact) mass is 647 g/mol. The number of anilines is 2. The van der Waals surface area contributed by atoms with Crippen LogP contribution in [0.25, 0.3) is 10.9 Å². The number of hydrogen-bond acceptors (Lipinski definition) is 7. The number of fused-ring (bicyclic) bond motifs is 1. The summed E-state index contributed by atoms with van der Waals surface area (Å²) >= 11 is 0. The maximum atomic E-state index is 13.7. The molecule has 5 rings (SSSR count). The molecule has 2 aliphatic rings. The van der Waals surface area contributed by atoms with Crippen molar-refractivity contribution >= 4 is 32.3 Å². The van der Waals surface area contributed by atoms with Gasteiger partial charge in [0.25, 0.3) is 0 Å². The van der Waals surface area contributed by atoms with Gasteiger partial charge in [-0.1, -0.05) is 12.0 Å². The number of methoxy groups -OCH3 is 2. The van der Waals surface area contributed by atoms with Gasteiger partial charge >= 0.3 is 6.18 Å². The van der Waals surface area contributed by atoms with Gasteiger partial charge in [0.05, 0.1) is 41.6 Å². The van der Waals surface area contributed by atoms with E-state index in [0.717, 1.165) is 57.3 Å². The molecule has 0 spiro atoms. The molecule has 4 N–H and O–H groups in total. The molecule has 244 valence electrons. The lowest BCUT2D eigenvalue weighted by Crippen LogP contribution is -2.45. The van der Waals surface area contributed by atoms with Crippen LogP contribution < -0.4 is 20.5 Å². The predicted octanol–water partition coefficient (Wildman–Crippen LogP) is 5.16. The number of nitrogens with zero attached hydrogens (tertiary/aromatic N) is 2. The fourth-order valence-corrected chi connectivity index (χ4v) is 6.94. The third-order valence-corrected chi connectivity index (χ3v) is 9.66. The highest BCUT2D eigenvalue weighted by Crippen LogP contribution is 2.33. The van der Waals surface area contributed by atoms with Crippen LogP contribution in [0.3, 0.4) is 0 Å². The minimum Gasteiger partial charge on any atom is -0.495 e. The van der Waals surface area contributed by atoms with Crippen molar-refractivity contribution in [3.8, 4) is 17.6 Å². The van der Waals surface area contributed by atoms with Crippen LogP contribution >= 0.6 is 0 Å². The number of aromatic nitrogens is 1. The Hall–Kier alpha value is -3.44. The zero-order valence-electron chi connectivity index (χ0n) is 25.5. The number of nitrogens with two attached hydrogens (primary N) is 1. The molecule has 13 heteroatoms. The first-order valence-electron chi connectivity index (χ1n) is 15.1. The van der Waals surface area contributed by atoms with E-state index in [1.165, 1.54) is 29.9 Å². The molecule has 1 aromatic heterocycles. The summed E-state index contributed by atoms with van der Waals surface area (Å²) in [6.07, 6.45) is 2.21. The lowest BCUT2D eigenvalue weighted by Gasteiger charge is -2.40. The molecule has 1 saturated heterocycles. The van der Waals surface area contributed by atoms with Gasteiger partial charge in [-0.2, -0.15) is 13.2 Å². The summed E-state index contributed by atoms with van der Waals surface area (Å²) in [6, 6.07) is 12.0. The summed E-state index contributed by atoms with van der Waals surface area (Å²) in [5, 5.41) is 12.5. The number of primary sulfonamides is 1. The Morgan fingerprint density at radius 2 is 1.73 bits per heavy atom. The van der Waals surface area contributed by atoms with Gasteiger partial charge in [-0.05, 0) is 74.8 Å². The van der Waals surface area contributed by atoms with Crippen LogP contribution in [0.5, 0.6) is 5.75 Å². The molecule has 0 unspecified atom stereocenters. The minimum atomic E-state index is -4.43. The van der Waals surface area contributed by atoms with E-state index in [1.807, 2.05) is 6.07 Å². The highest BCUT2D eigenvalue weighted by molar-refractivity contribution is 7.89. The minimum absolute atomic E-state index is 0.0795. The van der Waals surface area contributed by atoms with Crippen LogP contribution in [0.2, 0.25) is 0 Å². The number of hydrogen-bond donors (Lipinski definition) is 3. The molecule has 2 aromatic carbocycles. The van der Waals surface area contributed by atoms with E-state index < -0.39 is 22.7 Å². The number of nitrogens with one attached hydrogen (secondary N) is 2. The second kappa shape index (κ2) is 13.9. The third-order valence-electron chi connectivity index (χ3n) is 8.75. The Kier molecular flexibility index (Phi) is 10.2. The molecule has 0 radical (unpaired) electrons. The van der Waals surface area contributed by atoms with Gasteiger partial charge in [-0.15, -0.1) is 0 Å². The van der Waals surface area contributed by atoms with Gasteiger partial charge in [0, 0.05) is 49.4 Å². The van der Waals surface area contributed by atoms with Crippen LogP contribution in [-0.4, -0.2) is 76.1 Å². The molecular formula is C32H40F3N5O4S. The van der Waals surface area contributed by atoms with Crippen LogP contribution in [0.15, 0.2) is 47.4 Å². The number of likely N-dealkylation sites (tertiary alicyclic amines) is 1. The Bertz CT molecular complexity index is 1650. The van der Waals surface area contributed by atoms with E-state index in [2.05, 4.69) is 27.4 Å². The first-order chi connectivity index (χ1) is 21.4. The largest absolute Gasteiger partial charge is 0.495 e. The summed E-state index contributed by atoms with van der Waals surface area (Å²) in [6.45, 7) is 1.04. The van der Waals surface area contributed by atoms with Gasteiger partial charge < -0.3 is 29.6 Å². The molecule has 45 heavy (non-hydrogen) atoms. The molecular weight excluding hydrogens is 607 g/mol. The molecule has 9 nitrogen and oxygen atoms in total. The third kappa shape index (κ3) is 8.24. The molecule has 1 aliphatic carbocycles. The van der Waals surface area contributed by atoms with Crippen molar-refractivity contribution in [1.82, 2.24) is 9.47 Å². The van der Waals surface area contributed by atoms with Gasteiger partial charge in [-0.3, -0.25) is 0 Å². The first-order valence-corrected chi connectivity index (χ1v) is 16.7. The van der Waals surface area contributed by atoms with Crippen molar-refractivity contribution in [3.05, 3.63) is 48.2 Å². The number of rotatable bonds is 9. The molecule has 0 atom stereocenters. The quantitative estimate of drug-likeness (QED) is 0.276. The molecule has 1 saturated carbocycles. The zero-order valence-corrected chi connectivity index (χ0v) is 26.3. The highest BCUT2D eigenvalue weighted by Gasteiger charge is 2.31. The summed E-state index contributed by atoms with van der Waals surface area (Å²) in [7, 11) is -0.743. The molecule has 1 aliphatic heterocycles. The molecule has 0 amide bonds. The molecule has 2 fully saturated rings. The van der Waals surface area contributed by atoms with E-state index in [-0.39, 0.29) is 28.9 Å². The number of sulfonamides is 1. The van der Waals surface area contributed by atoms with E-state index >= 15 is 0 Å². The fraction of sp³-hybridized carbons (Fsp3) is 0.500. The van der Waals surface area contributed by atoms with Crippen molar-refractivity contribution in [3.63, 3.8) is 0 Å². The fourth-order valence-electron chi connectivity index (χ4n) is 6.41. The number of alkyl halides is 3. The normalized spacial score (nSPS) is 20.0. The van der Waals surface area contributed by atoms with Crippen molar-refractivity contribution in [2.24, 2.45) is 5.14 Å². The Morgan fingerprint density at radius 3 is 2.38 bits per heavy atom. The van der Waals surface area contributed by atoms with Crippen LogP contribution in [0, 0.1) is 11.8 Å².